The van der Waals surface area contributed by atoms with Crippen molar-refractivity contribution in [2.45, 2.75) is 19.1 Å². The van der Waals surface area contributed by atoms with E-state index in [9.17, 15) is 13.2 Å². The number of halogens is 5. The Kier molecular flexibility index (Phi) is 10.6. The molecule has 212 valence electrons. The highest BCUT2D eigenvalue weighted by atomic mass is 35.5. The molecule has 4 rings (SSSR count). The van der Waals surface area contributed by atoms with Crippen LogP contribution in [0.5, 0.6) is 5.88 Å². The quantitative estimate of drug-likeness (QED) is 0.236. The van der Waals surface area contributed by atoms with Gasteiger partial charge in [0, 0.05) is 48.5 Å². The fourth-order valence-corrected chi connectivity index (χ4v) is 3.67. The number of anilines is 4. The number of benzene rings is 1. The number of rotatable bonds is 9. The molecule has 0 aliphatic carbocycles. The Balaban J connectivity index is 0.00000267. The summed E-state index contributed by atoms with van der Waals surface area (Å²) in [7, 11) is 5.78. The molecule has 0 bridgehead atoms. The largest absolute Gasteiger partial charge is 0.466 e. The van der Waals surface area contributed by atoms with Crippen molar-refractivity contribution in [2.24, 2.45) is 7.05 Å². The number of hydrogen-bond acceptors (Lipinski definition) is 8. The van der Waals surface area contributed by atoms with Gasteiger partial charge >= 0.3 is 6.18 Å². The van der Waals surface area contributed by atoms with Crippen LogP contribution in [-0.2, 0) is 7.05 Å². The van der Waals surface area contributed by atoms with E-state index < -0.39 is 12.8 Å². The summed E-state index contributed by atoms with van der Waals surface area (Å²) >= 11 is 0. The minimum Gasteiger partial charge on any atom is -0.466 e. The van der Waals surface area contributed by atoms with Gasteiger partial charge in [0.15, 0.2) is 12.4 Å². The van der Waals surface area contributed by atoms with E-state index in [0.717, 1.165) is 16.5 Å². The molecule has 3 aromatic heterocycles. The Morgan fingerprint density at radius 2 is 1.85 bits per heavy atom. The molecule has 0 radical (unpaired) electrons. The summed E-state index contributed by atoms with van der Waals surface area (Å²) in [5, 5.41) is 7.01. The van der Waals surface area contributed by atoms with Crippen LogP contribution in [0.1, 0.15) is 6.92 Å². The topological polar surface area (TPSA) is 106 Å². The molecule has 9 nitrogen and oxygen atoms in total. The van der Waals surface area contributed by atoms with Crippen molar-refractivity contribution in [2.75, 3.05) is 43.6 Å². The molecular formula is C25H31Cl2F3N8O. The van der Waals surface area contributed by atoms with Gasteiger partial charge in [-0.05, 0) is 39.2 Å². The number of fused-ring (bicyclic) bond motifs is 1. The van der Waals surface area contributed by atoms with Crippen LogP contribution in [0, 0.1) is 0 Å². The Hall–Kier alpha value is -3.48. The zero-order valence-electron chi connectivity index (χ0n) is 21.8. The van der Waals surface area contributed by atoms with Gasteiger partial charge in [-0.25, -0.2) is 9.97 Å². The van der Waals surface area contributed by atoms with Crippen molar-refractivity contribution in [3.05, 3.63) is 48.8 Å². The maximum Gasteiger partial charge on any atom is 0.422 e. The average Bonchev–Trinajstić information content (AvgIpc) is 3.19. The van der Waals surface area contributed by atoms with Crippen LogP contribution in [0.25, 0.3) is 22.2 Å². The van der Waals surface area contributed by atoms with Crippen molar-refractivity contribution in [1.82, 2.24) is 24.4 Å². The summed E-state index contributed by atoms with van der Waals surface area (Å²) in [5.41, 5.74) is 9.10. The standard InChI is InChI=1S/C25H29F3N8O.2ClH/c1-15(35(2)3)12-31-22-18(29)11-20(23(34-22)37-14-25(26,27)28)33-24-30-10-9-19(32-24)17-13-36(4)21-8-6-5-7-16(17)21;;/h5-11,13,15H,12,14,29H2,1-4H3,(H,31,34)(H,30,32,33);2*1H. The van der Waals surface area contributed by atoms with E-state index in [-0.39, 0.29) is 59.9 Å². The molecule has 1 atom stereocenters. The van der Waals surface area contributed by atoms with Crippen LogP contribution in [0.3, 0.4) is 0 Å². The Labute approximate surface area is 236 Å². The molecule has 0 amide bonds. The second-order valence-electron chi connectivity index (χ2n) is 8.94. The van der Waals surface area contributed by atoms with E-state index in [4.69, 9.17) is 10.5 Å². The van der Waals surface area contributed by atoms with Crippen molar-refractivity contribution in [3.8, 4) is 17.1 Å². The molecule has 0 saturated heterocycles. The zero-order chi connectivity index (χ0) is 26.7. The minimum atomic E-state index is -4.54. The number of ether oxygens (including phenoxy) is 1. The van der Waals surface area contributed by atoms with Crippen LogP contribution in [0.2, 0.25) is 0 Å². The van der Waals surface area contributed by atoms with E-state index in [0.29, 0.717) is 12.2 Å². The molecule has 3 heterocycles. The third-order valence-corrected chi connectivity index (χ3v) is 5.91. The third kappa shape index (κ3) is 7.78. The first-order valence-corrected chi connectivity index (χ1v) is 11.6. The Morgan fingerprint density at radius 1 is 1.13 bits per heavy atom. The Morgan fingerprint density at radius 3 is 2.54 bits per heavy atom. The molecule has 0 saturated carbocycles. The molecule has 4 N–H and O–H groups in total. The summed E-state index contributed by atoms with van der Waals surface area (Å²) < 4.78 is 45.9. The average molecular weight is 587 g/mol. The maximum atomic E-state index is 12.9. The second kappa shape index (κ2) is 13.0. The van der Waals surface area contributed by atoms with Gasteiger partial charge in [0.25, 0.3) is 0 Å². The maximum absolute atomic E-state index is 12.9. The highest BCUT2D eigenvalue weighted by Gasteiger charge is 2.29. The minimum absolute atomic E-state index is 0. The van der Waals surface area contributed by atoms with Gasteiger partial charge in [-0.1, -0.05) is 18.2 Å². The van der Waals surface area contributed by atoms with Crippen molar-refractivity contribution in [1.29, 1.82) is 0 Å². The van der Waals surface area contributed by atoms with Crippen LogP contribution >= 0.6 is 24.8 Å². The lowest BCUT2D eigenvalue weighted by atomic mass is 10.1. The summed E-state index contributed by atoms with van der Waals surface area (Å²) in [5.74, 6) is 0.109. The molecule has 1 aromatic carbocycles. The first-order chi connectivity index (χ1) is 17.5. The van der Waals surface area contributed by atoms with Gasteiger partial charge < -0.3 is 30.6 Å². The van der Waals surface area contributed by atoms with E-state index in [2.05, 4.69) is 25.6 Å². The number of likely N-dealkylation sites (N-methyl/N-ethyl adjacent to an activating group) is 1. The predicted molar refractivity (Wildman–Crippen MR) is 154 cm³/mol. The van der Waals surface area contributed by atoms with Crippen LogP contribution < -0.4 is 21.1 Å². The zero-order valence-corrected chi connectivity index (χ0v) is 23.4. The summed E-state index contributed by atoms with van der Waals surface area (Å²) in [4.78, 5) is 15.0. The fraction of sp³-hybridized carbons (Fsp3) is 0.320. The number of alkyl halides is 3. The van der Waals surface area contributed by atoms with Gasteiger partial charge in [0.05, 0.1) is 11.4 Å². The number of pyridine rings is 1. The second-order valence-corrected chi connectivity index (χ2v) is 8.94. The Bertz CT molecular complexity index is 1400. The first-order valence-electron chi connectivity index (χ1n) is 11.6. The molecule has 1 unspecified atom stereocenters. The monoisotopic (exact) mass is 586 g/mol. The van der Waals surface area contributed by atoms with Gasteiger partial charge in [-0.3, -0.25) is 0 Å². The molecule has 14 heteroatoms. The van der Waals surface area contributed by atoms with E-state index >= 15 is 0 Å². The molecule has 4 aromatic rings. The van der Waals surface area contributed by atoms with E-state index in [1.807, 2.05) is 68.0 Å². The number of nitrogens with zero attached hydrogens (tertiary/aromatic N) is 5. The first kappa shape index (κ1) is 31.7. The molecule has 39 heavy (non-hydrogen) atoms. The molecule has 0 fully saturated rings. The molecule has 0 aliphatic heterocycles. The lowest BCUT2D eigenvalue weighted by molar-refractivity contribution is -0.153. The lowest BCUT2D eigenvalue weighted by Gasteiger charge is -2.21. The smallest absolute Gasteiger partial charge is 0.422 e. The molecule has 0 spiro atoms. The third-order valence-electron chi connectivity index (χ3n) is 5.91. The predicted octanol–water partition coefficient (Wildman–Crippen LogP) is 5.50. The fourth-order valence-electron chi connectivity index (χ4n) is 3.67. The highest BCUT2D eigenvalue weighted by molar-refractivity contribution is 5.95. The van der Waals surface area contributed by atoms with Gasteiger partial charge in [0.1, 0.15) is 5.69 Å². The SMILES string of the molecule is CC(CNc1nc(OCC(F)(F)F)c(Nc2nccc(-c3cn(C)c4ccccc34)n2)cc1N)N(C)C.Cl.Cl. The van der Waals surface area contributed by atoms with E-state index in [1.54, 1.807) is 12.3 Å². The number of nitrogen functional groups attached to an aromatic ring is 1. The summed E-state index contributed by atoms with van der Waals surface area (Å²) in [6.45, 7) is 0.954. The van der Waals surface area contributed by atoms with Crippen molar-refractivity contribution >= 4 is 58.9 Å². The normalized spacial score (nSPS) is 12.0. The molecular weight excluding hydrogens is 556 g/mol. The number of para-hydroxylation sites is 1. The number of aromatic nitrogens is 4. The van der Waals surface area contributed by atoms with E-state index in [1.165, 1.54) is 6.07 Å². The van der Waals surface area contributed by atoms with Crippen molar-refractivity contribution in [3.63, 3.8) is 0 Å². The van der Waals surface area contributed by atoms with Crippen LogP contribution in [0.15, 0.2) is 48.8 Å². The number of nitrogens with two attached hydrogens (primary N) is 1. The van der Waals surface area contributed by atoms with Crippen molar-refractivity contribution < 1.29 is 17.9 Å². The highest BCUT2D eigenvalue weighted by Crippen LogP contribution is 2.34. The van der Waals surface area contributed by atoms with Crippen LogP contribution in [0.4, 0.5) is 36.3 Å². The lowest BCUT2D eigenvalue weighted by Crippen LogP contribution is -2.32. The van der Waals surface area contributed by atoms with Gasteiger partial charge in [-0.2, -0.15) is 18.2 Å². The number of nitrogens with one attached hydrogen (secondary N) is 2. The van der Waals surface area contributed by atoms with Gasteiger partial charge in [-0.15, -0.1) is 24.8 Å². The summed E-state index contributed by atoms with van der Waals surface area (Å²) in [6, 6.07) is 11.3. The molecule has 0 aliphatic rings. The summed E-state index contributed by atoms with van der Waals surface area (Å²) in [6.07, 6.45) is -1.01. The number of aryl methyl sites for hydroxylation is 1. The van der Waals surface area contributed by atoms with Crippen LogP contribution in [-0.4, -0.2) is 63.9 Å². The number of hydrogen-bond donors (Lipinski definition) is 3. The van der Waals surface area contributed by atoms with Gasteiger partial charge in [0.2, 0.25) is 11.8 Å².